The van der Waals surface area contributed by atoms with Gasteiger partial charge >= 0.3 is 6.09 Å². The fraction of sp³-hybridized carbons (Fsp3) is 0.909. The molecule has 0 bridgehead atoms. The second-order valence-corrected chi connectivity index (χ2v) is 5.13. The molecule has 1 rings (SSSR count). The number of hydrogen-bond acceptors (Lipinski definition) is 5. The summed E-state index contributed by atoms with van der Waals surface area (Å²) in [5.41, 5.74) is -0.561. The highest BCUT2D eigenvalue weighted by Gasteiger charge is 2.35. The van der Waals surface area contributed by atoms with Crippen LogP contribution in [0.3, 0.4) is 0 Å². The summed E-state index contributed by atoms with van der Waals surface area (Å²) in [4.78, 5) is 11.5. The minimum atomic E-state index is -0.988. The molecule has 6 nitrogen and oxygen atoms in total. The zero-order valence-corrected chi connectivity index (χ0v) is 10.5. The second-order valence-electron chi connectivity index (χ2n) is 5.13. The molecule has 1 saturated heterocycles. The molecule has 1 fully saturated rings. The van der Waals surface area contributed by atoms with E-state index in [2.05, 4.69) is 5.32 Å². The topological polar surface area (TPSA) is 88.0 Å². The summed E-state index contributed by atoms with van der Waals surface area (Å²) in [6.07, 6.45) is -1.51. The van der Waals surface area contributed by atoms with Crippen molar-refractivity contribution < 1.29 is 24.5 Å². The Balaban J connectivity index is 2.47. The number of nitrogens with one attached hydrogen (secondary N) is 1. The molecule has 3 N–H and O–H groups in total. The van der Waals surface area contributed by atoms with Gasteiger partial charge in [0.2, 0.25) is 0 Å². The average Bonchev–Trinajstić information content (AvgIpc) is 2.61. The molecule has 0 spiro atoms. The van der Waals surface area contributed by atoms with E-state index >= 15 is 0 Å². The molecule has 17 heavy (non-hydrogen) atoms. The molecule has 6 heteroatoms. The molecule has 1 aliphatic heterocycles. The van der Waals surface area contributed by atoms with Crippen molar-refractivity contribution in [3.05, 3.63) is 0 Å². The molecule has 0 aromatic heterocycles. The van der Waals surface area contributed by atoms with Crippen LogP contribution < -0.4 is 5.32 Å². The van der Waals surface area contributed by atoms with E-state index in [4.69, 9.17) is 14.6 Å². The van der Waals surface area contributed by atoms with Crippen LogP contribution in [0.1, 0.15) is 27.2 Å². The van der Waals surface area contributed by atoms with Crippen molar-refractivity contribution in [3.8, 4) is 0 Å². The Labute approximate surface area is 101 Å². The Bertz CT molecular complexity index is 263. The second kappa shape index (κ2) is 5.66. The average molecular weight is 247 g/mol. The fourth-order valence-corrected chi connectivity index (χ4v) is 1.71. The van der Waals surface area contributed by atoms with Gasteiger partial charge in [0.1, 0.15) is 17.8 Å². The van der Waals surface area contributed by atoms with Crippen LogP contribution in [0.15, 0.2) is 0 Å². The first kappa shape index (κ1) is 14.2. The minimum absolute atomic E-state index is 0.327. The van der Waals surface area contributed by atoms with Crippen LogP contribution in [0.4, 0.5) is 4.79 Å². The summed E-state index contributed by atoms with van der Waals surface area (Å²) in [6.45, 7) is 5.38. The third kappa shape index (κ3) is 4.49. The Morgan fingerprint density at radius 2 is 2.24 bits per heavy atom. The number of aliphatic hydroxyl groups excluding tert-OH is 2. The number of alkyl carbamates (subject to hydrolysis) is 1. The van der Waals surface area contributed by atoms with Crippen LogP contribution in [0, 0.1) is 0 Å². The van der Waals surface area contributed by atoms with Crippen LogP contribution in [0.2, 0.25) is 0 Å². The lowest BCUT2D eigenvalue weighted by Crippen LogP contribution is -2.48. The third-order valence-electron chi connectivity index (χ3n) is 2.40. The molecule has 1 aliphatic rings. The lowest BCUT2D eigenvalue weighted by molar-refractivity contribution is -0.0378. The number of carbonyl (C=O) groups is 1. The van der Waals surface area contributed by atoms with E-state index in [1.165, 1.54) is 0 Å². The van der Waals surface area contributed by atoms with Crippen LogP contribution in [0.25, 0.3) is 0 Å². The molecule has 1 heterocycles. The number of rotatable bonds is 3. The normalized spacial score (nSPS) is 26.6. The Morgan fingerprint density at radius 3 is 2.76 bits per heavy atom. The fourth-order valence-electron chi connectivity index (χ4n) is 1.71. The largest absolute Gasteiger partial charge is 0.444 e. The maximum absolute atomic E-state index is 11.5. The number of aliphatic hydroxyl groups is 2. The number of ether oxygens (including phenoxy) is 2. The van der Waals surface area contributed by atoms with E-state index in [0.717, 1.165) is 0 Å². The first-order valence-electron chi connectivity index (χ1n) is 5.73. The highest BCUT2D eigenvalue weighted by atomic mass is 16.6. The van der Waals surface area contributed by atoms with Crippen LogP contribution >= 0.6 is 0 Å². The molecule has 0 aliphatic carbocycles. The maximum Gasteiger partial charge on any atom is 0.407 e. The quantitative estimate of drug-likeness (QED) is 0.654. The summed E-state index contributed by atoms with van der Waals surface area (Å²) in [5.74, 6) is 0. The lowest BCUT2D eigenvalue weighted by atomic mass is 10.1. The smallest absolute Gasteiger partial charge is 0.407 e. The van der Waals surface area contributed by atoms with Crippen LogP contribution in [-0.2, 0) is 9.47 Å². The SMILES string of the molecule is CC(C)(C)OC(=O)N[C@@H]1CCO[C@@H]1[C@H](O)CO. The highest BCUT2D eigenvalue weighted by molar-refractivity contribution is 5.68. The molecule has 0 radical (unpaired) electrons. The molecule has 100 valence electrons. The molecule has 0 unspecified atom stereocenters. The molecule has 1 amide bonds. The highest BCUT2D eigenvalue weighted by Crippen LogP contribution is 2.17. The molecular formula is C11H21NO5. The first-order valence-corrected chi connectivity index (χ1v) is 5.73. The number of carbonyl (C=O) groups excluding carboxylic acids is 1. The van der Waals surface area contributed by atoms with Gasteiger partial charge in [0, 0.05) is 6.61 Å². The van der Waals surface area contributed by atoms with Gasteiger partial charge in [-0.05, 0) is 27.2 Å². The summed E-state index contributed by atoms with van der Waals surface area (Å²) < 4.78 is 10.4. The van der Waals surface area contributed by atoms with Crippen molar-refractivity contribution in [2.75, 3.05) is 13.2 Å². The zero-order chi connectivity index (χ0) is 13.1. The van der Waals surface area contributed by atoms with Gasteiger partial charge in [-0.25, -0.2) is 4.79 Å². The number of amides is 1. The predicted molar refractivity (Wildman–Crippen MR) is 60.6 cm³/mol. The van der Waals surface area contributed by atoms with Gasteiger partial charge in [-0.2, -0.15) is 0 Å². The van der Waals surface area contributed by atoms with Gasteiger partial charge in [0.05, 0.1) is 12.6 Å². The summed E-state index contributed by atoms with van der Waals surface area (Å²) >= 11 is 0. The summed E-state index contributed by atoms with van der Waals surface area (Å²) in [7, 11) is 0. The monoisotopic (exact) mass is 247 g/mol. The van der Waals surface area contributed by atoms with Crippen molar-refractivity contribution in [2.45, 2.75) is 51.0 Å². The van der Waals surface area contributed by atoms with Crippen molar-refractivity contribution in [3.63, 3.8) is 0 Å². The third-order valence-corrected chi connectivity index (χ3v) is 2.40. The Hall–Kier alpha value is -0.850. The summed E-state index contributed by atoms with van der Waals surface area (Å²) in [5, 5.41) is 21.0. The minimum Gasteiger partial charge on any atom is -0.444 e. The van der Waals surface area contributed by atoms with Gasteiger partial charge < -0.3 is 25.0 Å². The first-order chi connectivity index (χ1) is 7.83. The number of hydrogen-bond donors (Lipinski definition) is 3. The summed E-state index contributed by atoms with van der Waals surface area (Å²) in [6, 6.07) is -0.327. The van der Waals surface area contributed by atoms with Crippen molar-refractivity contribution >= 4 is 6.09 Å². The van der Waals surface area contributed by atoms with E-state index in [0.29, 0.717) is 13.0 Å². The molecule has 0 saturated carbocycles. The Kier molecular flexibility index (Phi) is 4.73. The molecule has 3 atom stereocenters. The molecular weight excluding hydrogens is 226 g/mol. The predicted octanol–water partition coefficient (Wildman–Crippen LogP) is 0.0218. The van der Waals surface area contributed by atoms with Crippen LogP contribution in [0.5, 0.6) is 0 Å². The van der Waals surface area contributed by atoms with Crippen molar-refractivity contribution in [1.29, 1.82) is 0 Å². The zero-order valence-electron chi connectivity index (χ0n) is 10.5. The van der Waals surface area contributed by atoms with E-state index in [-0.39, 0.29) is 6.04 Å². The van der Waals surface area contributed by atoms with Crippen molar-refractivity contribution in [1.82, 2.24) is 5.32 Å². The van der Waals surface area contributed by atoms with E-state index in [1.807, 2.05) is 0 Å². The molecule has 0 aromatic carbocycles. The van der Waals surface area contributed by atoms with E-state index in [9.17, 15) is 9.90 Å². The lowest BCUT2D eigenvalue weighted by Gasteiger charge is -2.25. The van der Waals surface area contributed by atoms with Gasteiger partial charge in [-0.1, -0.05) is 0 Å². The van der Waals surface area contributed by atoms with Gasteiger partial charge in [0.25, 0.3) is 0 Å². The maximum atomic E-state index is 11.5. The van der Waals surface area contributed by atoms with Gasteiger partial charge in [-0.3, -0.25) is 0 Å². The van der Waals surface area contributed by atoms with Crippen LogP contribution in [-0.4, -0.2) is 53.4 Å². The van der Waals surface area contributed by atoms with Gasteiger partial charge in [-0.15, -0.1) is 0 Å². The Morgan fingerprint density at radius 1 is 1.59 bits per heavy atom. The molecule has 0 aromatic rings. The standard InChI is InChI=1S/C11H21NO5/c1-11(2,3)17-10(15)12-7-4-5-16-9(7)8(14)6-13/h7-9,13-14H,4-6H2,1-3H3,(H,12,15)/t7-,8-,9+/m1/s1. The van der Waals surface area contributed by atoms with Crippen molar-refractivity contribution in [2.24, 2.45) is 0 Å². The van der Waals surface area contributed by atoms with Gasteiger partial charge in [0.15, 0.2) is 0 Å². The van der Waals surface area contributed by atoms with E-state index in [1.54, 1.807) is 20.8 Å². The van der Waals surface area contributed by atoms with E-state index < -0.39 is 30.5 Å².